The van der Waals surface area contributed by atoms with Crippen LogP contribution in [-0.4, -0.2) is 21.6 Å². The monoisotopic (exact) mass is 279 g/mol. The maximum Gasteiger partial charge on any atom is 0.115 e. The largest absolute Gasteiger partial charge is 0.387 e. The summed E-state index contributed by atoms with van der Waals surface area (Å²) in [4.78, 5) is 8.01. The summed E-state index contributed by atoms with van der Waals surface area (Å²) >= 11 is 0. The van der Waals surface area contributed by atoms with Crippen molar-refractivity contribution in [2.75, 3.05) is 6.54 Å². The third-order valence-corrected chi connectivity index (χ3v) is 3.45. The zero-order valence-corrected chi connectivity index (χ0v) is 11.6. The van der Waals surface area contributed by atoms with Crippen molar-refractivity contribution in [1.82, 2.24) is 15.3 Å². The lowest BCUT2D eigenvalue weighted by Gasteiger charge is -2.13. The van der Waals surface area contributed by atoms with E-state index in [4.69, 9.17) is 0 Å². The number of benzene rings is 2. The Labute approximate surface area is 123 Å². The van der Waals surface area contributed by atoms with Crippen molar-refractivity contribution < 1.29 is 5.11 Å². The van der Waals surface area contributed by atoms with Crippen LogP contribution in [0.2, 0.25) is 0 Å². The molecule has 0 fully saturated rings. The average Bonchev–Trinajstić information content (AvgIpc) is 2.55. The summed E-state index contributed by atoms with van der Waals surface area (Å²) in [6, 6.07) is 16.0. The molecule has 0 saturated carbocycles. The molecule has 0 bridgehead atoms. The van der Waals surface area contributed by atoms with Crippen molar-refractivity contribution >= 4 is 10.8 Å². The SMILES string of the molecule is OC(CNCc1ccncn1)c1ccc2ccccc2c1. The first-order valence-electron chi connectivity index (χ1n) is 6.95. The van der Waals surface area contributed by atoms with E-state index in [1.165, 1.54) is 11.7 Å². The van der Waals surface area contributed by atoms with Gasteiger partial charge in [-0.05, 0) is 28.5 Å². The highest BCUT2D eigenvalue weighted by molar-refractivity contribution is 5.83. The number of aliphatic hydroxyl groups is 1. The Balaban J connectivity index is 1.62. The van der Waals surface area contributed by atoms with Gasteiger partial charge in [-0.1, -0.05) is 36.4 Å². The Hall–Kier alpha value is -2.30. The lowest BCUT2D eigenvalue weighted by Crippen LogP contribution is -2.21. The highest BCUT2D eigenvalue weighted by Gasteiger charge is 2.07. The molecule has 106 valence electrons. The van der Waals surface area contributed by atoms with E-state index in [1.807, 2.05) is 36.4 Å². The summed E-state index contributed by atoms with van der Waals surface area (Å²) in [6.45, 7) is 1.11. The molecule has 0 spiro atoms. The first kappa shape index (κ1) is 13.7. The number of hydrogen-bond donors (Lipinski definition) is 2. The standard InChI is InChI=1S/C17H17N3O/c21-17(11-19-10-16-7-8-18-12-20-16)15-6-5-13-3-1-2-4-14(13)9-15/h1-9,12,17,19,21H,10-11H2. The molecule has 0 aliphatic carbocycles. The van der Waals surface area contributed by atoms with Gasteiger partial charge in [-0.25, -0.2) is 9.97 Å². The molecule has 0 saturated heterocycles. The number of nitrogens with zero attached hydrogens (tertiary/aromatic N) is 2. The molecule has 3 aromatic rings. The molecule has 1 atom stereocenters. The van der Waals surface area contributed by atoms with Crippen LogP contribution in [-0.2, 0) is 6.54 Å². The van der Waals surface area contributed by atoms with Crippen molar-refractivity contribution in [1.29, 1.82) is 0 Å². The molecule has 2 aromatic carbocycles. The highest BCUT2D eigenvalue weighted by Crippen LogP contribution is 2.20. The molecule has 4 heteroatoms. The predicted molar refractivity (Wildman–Crippen MR) is 82.6 cm³/mol. The lowest BCUT2D eigenvalue weighted by atomic mass is 10.0. The van der Waals surface area contributed by atoms with Crippen LogP contribution in [0.5, 0.6) is 0 Å². The topological polar surface area (TPSA) is 58.0 Å². The smallest absolute Gasteiger partial charge is 0.115 e. The van der Waals surface area contributed by atoms with Gasteiger partial charge in [0.05, 0.1) is 11.8 Å². The molecule has 3 rings (SSSR count). The van der Waals surface area contributed by atoms with Gasteiger partial charge >= 0.3 is 0 Å². The summed E-state index contributed by atoms with van der Waals surface area (Å²) < 4.78 is 0. The first-order valence-corrected chi connectivity index (χ1v) is 6.95. The third kappa shape index (κ3) is 3.42. The number of aliphatic hydroxyl groups excluding tert-OH is 1. The van der Waals surface area contributed by atoms with Gasteiger partial charge in [0.15, 0.2) is 0 Å². The van der Waals surface area contributed by atoms with E-state index in [-0.39, 0.29) is 0 Å². The Morgan fingerprint density at radius 1 is 1.05 bits per heavy atom. The van der Waals surface area contributed by atoms with Crippen LogP contribution < -0.4 is 5.32 Å². The van der Waals surface area contributed by atoms with E-state index in [0.717, 1.165) is 16.6 Å². The van der Waals surface area contributed by atoms with Gasteiger partial charge in [0.1, 0.15) is 6.33 Å². The van der Waals surface area contributed by atoms with Gasteiger partial charge in [-0.2, -0.15) is 0 Å². The molecular formula is C17H17N3O. The van der Waals surface area contributed by atoms with Crippen molar-refractivity contribution in [3.63, 3.8) is 0 Å². The molecule has 0 aliphatic heterocycles. The fraction of sp³-hybridized carbons (Fsp3) is 0.176. The number of rotatable bonds is 5. The second-order valence-electron chi connectivity index (χ2n) is 4.95. The van der Waals surface area contributed by atoms with Crippen molar-refractivity contribution in [3.05, 3.63) is 72.3 Å². The minimum Gasteiger partial charge on any atom is -0.387 e. The van der Waals surface area contributed by atoms with Crippen LogP contribution in [0.3, 0.4) is 0 Å². The molecule has 21 heavy (non-hydrogen) atoms. The summed E-state index contributed by atoms with van der Waals surface area (Å²) in [5.41, 5.74) is 1.83. The molecule has 0 aliphatic rings. The first-order chi connectivity index (χ1) is 10.3. The molecule has 2 N–H and O–H groups in total. The third-order valence-electron chi connectivity index (χ3n) is 3.45. The molecule has 1 heterocycles. The summed E-state index contributed by atoms with van der Waals surface area (Å²) in [6.07, 6.45) is 2.71. The van der Waals surface area contributed by atoms with Crippen LogP contribution in [0.4, 0.5) is 0 Å². The lowest BCUT2D eigenvalue weighted by molar-refractivity contribution is 0.174. The molecule has 0 amide bonds. The van der Waals surface area contributed by atoms with Crippen LogP contribution in [0.25, 0.3) is 10.8 Å². The molecule has 4 nitrogen and oxygen atoms in total. The fourth-order valence-corrected chi connectivity index (χ4v) is 2.29. The number of nitrogens with one attached hydrogen (secondary N) is 1. The molecule has 1 aromatic heterocycles. The van der Waals surface area contributed by atoms with Crippen LogP contribution in [0.15, 0.2) is 61.1 Å². The normalized spacial score (nSPS) is 12.4. The van der Waals surface area contributed by atoms with Gasteiger partial charge in [-0.15, -0.1) is 0 Å². The zero-order chi connectivity index (χ0) is 14.5. The van der Waals surface area contributed by atoms with E-state index in [2.05, 4.69) is 27.4 Å². The van der Waals surface area contributed by atoms with Gasteiger partial charge in [0.2, 0.25) is 0 Å². The number of hydrogen-bond acceptors (Lipinski definition) is 4. The second kappa shape index (κ2) is 6.43. The van der Waals surface area contributed by atoms with E-state index in [9.17, 15) is 5.11 Å². The van der Waals surface area contributed by atoms with E-state index in [0.29, 0.717) is 13.1 Å². The second-order valence-corrected chi connectivity index (χ2v) is 4.95. The Morgan fingerprint density at radius 3 is 2.71 bits per heavy atom. The Morgan fingerprint density at radius 2 is 1.90 bits per heavy atom. The quantitative estimate of drug-likeness (QED) is 0.753. The van der Waals surface area contributed by atoms with Crippen LogP contribution in [0, 0.1) is 0 Å². The van der Waals surface area contributed by atoms with Gasteiger partial charge in [0.25, 0.3) is 0 Å². The average molecular weight is 279 g/mol. The molecular weight excluding hydrogens is 262 g/mol. The van der Waals surface area contributed by atoms with E-state index < -0.39 is 6.10 Å². The summed E-state index contributed by atoms with van der Waals surface area (Å²) in [5.74, 6) is 0. The van der Waals surface area contributed by atoms with Crippen molar-refractivity contribution in [3.8, 4) is 0 Å². The van der Waals surface area contributed by atoms with E-state index >= 15 is 0 Å². The van der Waals surface area contributed by atoms with Gasteiger partial charge in [-0.3, -0.25) is 0 Å². The van der Waals surface area contributed by atoms with Crippen molar-refractivity contribution in [2.24, 2.45) is 0 Å². The summed E-state index contributed by atoms with van der Waals surface area (Å²) in [5, 5.41) is 15.8. The zero-order valence-electron chi connectivity index (χ0n) is 11.6. The fourth-order valence-electron chi connectivity index (χ4n) is 2.29. The van der Waals surface area contributed by atoms with E-state index in [1.54, 1.807) is 6.20 Å². The predicted octanol–water partition coefficient (Wildman–Crippen LogP) is 2.45. The van der Waals surface area contributed by atoms with Crippen LogP contribution in [0.1, 0.15) is 17.4 Å². The number of aromatic nitrogens is 2. The highest BCUT2D eigenvalue weighted by atomic mass is 16.3. The Bertz CT molecular complexity index is 715. The van der Waals surface area contributed by atoms with Gasteiger partial charge < -0.3 is 10.4 Å². The molecule has 0 radical (unpaired) electrons. The van der Waals surface area contributed by atoms with Crippen molar-refractivity contribution in [2.45, 2.75) is 12.6 Å². The number of fused-ring (bicyclic) bond motifs is 1. The molecule has 1 unspecified atom stereocenters. The van der Waals surface area contributed by atoms with Gasteiger partial charge in [0, 0.05) is 19.3 Å². The minimum atomic E-state index is -0.531. The summed E-state index contributed by atoms with van der Waals surface area (Å²) in [7, 11) is 0. The minimum absolute atomic E-state index is 0.488. The Kier molecular flexibility index (Phi) is 4.19. The maximum atomic E-state index is 10.3. The van der Waals surface area contributed by atoms with Crippen LogP contribution >= 0.6 is 0 Å². The maximum absolute atomic E-state index is 10.3.